The van der Waals surface area contributed by atoms with Crippen LogP contribution in [0.15, 0.2) is 0 Å². The third kappa shape index (κ3) is 5.69. The molecule has 0 bridgehead atoms. The largest absolute Gasteiger partial charge is 0.396 e. The van der Waals surface area contributed by atoms with E-state index in [4.69, 9.17) is 5.11 Å². The highest BCUT2D eigenvalue weighted by molar-refractivity contribution is 5.90. The summed E-state index contributed by atoms with van der Waals surface area (Å²) in [6.45, 7) is 5.30. The van der Waals surface area contributed by atoms with Crippen molar-refractivity contribution in [2.24, 2.45) is 0 Å². The van der Waals surface area contributed by atoms with Crippen LogP contribution < -0.4 is 0 Å². The zero-order valence-corrected chi connectivity index (χ0v) is 12.6. The van der Waals surface area contributed by atoms with Crippen molar-refractivity contribution in [2.45, 2.75) is 52.4 Å². The molecule has 1 heterocycles. The summed E-state index contributed by atoms with van der Waals surface area (Å²) in [5.74, 6) is 0.700. The van der Waals surface area contributed by atoms with Crippen LogP contribution in [0.1, 0.15) is 61.9 Å². The molecule has 114 valence electrons. The van der Waals surface area contributed by atoms with Crippen molar-refractivity contribution in [3.63, 3.8) is 0 Å². The summed E-state index contributed by atoms with van der Waals surface area (Å²) < 4.78 is 0. The van der Waals surface area contributed by atoms with Crippen LogP contribution in [0, 0.1) is 6.92 Å². The van der Waals surface area contributed by atoms with Gasteiger partial charge in [-0.3, -0.25) is 9.89 Å². The van der Waals surface area contributed by atoms with Crippen LogP contribution >= 0.6 is 0 Å². The van der Waals surface area contributed by atoms with Gasteiger partial charge in [0.1, 0.15) is 5.82 Å². The van der Waals surface area contributed by atoms with Crippen LogP contribution in [0.5, 0.6) is 0 Å². The summed E-state index contributed by atoms with van der Waals surface area (Å²) in [5, 5.41) is 15.5. The number of unbranched alkanes of at least 4 members (excludes halogenated alkanes) is 4. The number of rotatable bonds is 10. The van der Waals surface area contributed by atoms with Crippen LogP contribution in [-0.2, 0) is 0 Å². The number of aromatic nitrogens is 3. The Bertz CT molecular complexity index is 392. The number of nitrogens with zero attached hydrogens (tertiary/aromatic N) is 3. The quantitative estimate of drug-likeness (QED) is 0.642. The first-order chi connectivity index (χ1) is 9.69. The molecule has 0 unspecified atom stereocenters. The van der Waals surface area contributed by atoms with Gasteiger partial charge >= 0.3 is 0 Å². The van der Waals surface area contributed by atoms with Gasteiger partial charge in [0, 0.05) is 19.7 Å². The molecular formula is C14H26N4O2. The predicted octanol–water partition coefficient (Wildman–Crippen LogP) is 1.91. The molecule has 0 aliphatic carbocycles. The third-order valence-electron chi connectivity index (χ3n) is 3.19. The van der Waals surface area contributed by atoms with Gasteiger partial charge in [0.25, 0.3) is 5.91 Å². The maximum absolute atomic E-state index is 12.3. The van der Waals surface area contributed by atoms with Crippen molar-refractivity contribution in [3.05, 3.63) is 11.6 Å². The average Bonchev–Trinajstić information content (AvgIpc) is 2.88. The van der Waals surface area contributed by atoms with Gasteiger partial charge in [-0.05, 0) is 19.8 Å². The first kappa shape index (κ1) is 16.6. The van der Waals surface area contributed by atoms with Crippen LogP contribution in [0.4, 0.5) is 0 Å². The lowest BCUT2D eigenvalue weighted by molar-refractivity contribution is 0.0729. The van der Waals surface area contributed by atoms with Gasteiger partial charge in [-0.1, -0.05) is 32.6 Å². The van der Waals surface area contributed by atoms with E-state index in [0.29, 0.717) is 25.3 Å². The summed E-state index contributed by atoms with van der Waals surface area (Å²) in [6, 6.07) is 0. The molecule has 0 aromatic carbocycles. The second-order valence-electron chi connectivity index (χ2n) is 5.03. The second kappa shape index (κ2) is 9.47. The van der Waals surface area contributed by atoms with Crippen molar-refractivity contribution >= 4 is 5.91 Å². The molecule has 0 atom stereocenters. The monoisotopic (exact) mass is 282 g/mol. The Morgan fingerprint density at radius 3 is 2.50 bits per heavy atom. The molecule has 0 aliphatic heterocycles. The van der Waals surface area contributed by atoms with E-state index in [1.54, 1.807) is 11.8 Å². The van der Waals surface area contributed by atoms with Crippen molar-refractivity contribution in [2.75, 3.05) is 19.7 Å². The molecule has 1 rings (SSSR count). The first-order valence-electron chi connectivity index (χ1n) is 7.48. The van der Waals surface area contributed by atoms with E-state index in [0.717, 1.165) is 12.8 Å². The minimum atomic E-state index is -0.154. The van der Waals surface area contributed by atoms with Crippen molar-refractivity contribution < 1.29 is 9.90 Å². The van der Waals surface area contributed by atoms with E-state index in [-0.39, 0.29) is 18.3 Å². The number of carbonyl (C=O) groups excluding carboxylic acids is 1. The van der Waals surface area contributed by atoms with E-state index in [9.17, 15) is 4.79 Å². The van der Waals surface area contributed by atoms with Gasteiger partial charge in [0.05, 0.1) is 0 Å². The Hall–Kier alpha value is -1.43. The van der Waals surface area contributed by atoms with Crippen molar-refractivity contribution in [1.82, 2.24) is 20.1 Å². The molecule has 0 saturated carbocycles. The lowest BCUT2D eigenvalue weighted by Crippen LogP contribution is -2.34. The summed E-state index contributed by atoms with van der Waals surface area (Å²) in [7, 11) is 0. The fraction of sp³-hybridized carbons (Fsp3) is 0.786. The molecule has 2 N–H and O–H groups in total. The van der Waals surface area contributed by atoms with E-state index < -0.39 is 0 Å². The first-order valence-corrected chi connectivity index (χ1v) is 7.48. The van der Waals surface area contributed by atoms with E-state index >= 15 is 0 Å². The second-order valence-corrected chi connectivity index (χ2v) is 5.03. The highest BCUT2D eigenvalue weighted by Crippen LogP contribution is 2.07. The molecular weight excluding hydrogens is 256 g/mol. The summed E-state index contributed by atoms with van der Waals surface area (Å²) in [4.78, 5) is 18.1. The SMILES string of the molecule is CCCCCCCN(CCCO)C(=O)c1n[nH]c(C)n1. The van der Waals surface area contributed by atoms with Gasteiger partial charge in [-0.15, -0.1) is 5.10 Å². The number of aliphatic hydroxyl groups is 1. The van der Waals surface area contributed by atoms with Crippen molar-refractivity contribution in [3.8, 4) is 0 Å². The molecule has 0 spiro atoms. The Morgan fingerprint density at radius 1 is 1.20 bits per heavy atom. The fourth-order valence-corrected chi connectivity index (χ4v) is 2.06. The third-order valence-corrected chi connectivity index (χ3v) is 3.19. The highest BCUT2D eigenvalue weighted by atomic mass is 16.3. The van der Waals surface area contributed by atoms with Crippen molar-refractivity contribution in [1.29, 1.82) is 0 Å². The number of aromatic amines is 1. The van der Waals surface area contributed by atoms with Crippen LogP contribution in [-0.4, -0.2) is 50.8 Å². The van der Waals surface area contributed by atoms with Crippen LogP contribution in [0.2, 0.25) is 0 Å². The topological polar surface area (TPSA) is 82.1 Å². The summed E-state index contributed by atoms with van der Waals surface area (Å²) in [5.41, 5.74) is 0. The minimum absolute atomic E-state index is 0.0899. The van der Waals surface area contributed by atoms with Crippen LogP contribution in [0.25, 0.3) is 0 Å². The fourth-order valence-electron chi connectivity index (χ4n) is 2.06. The number of hydrogen-bond donors (Lipinski definition) is 2. The number of H-pyrrole nitrogens is 1. The van der Waals surface area contributed by atoms with E-state index in [2.05, 4.69) is 22.1 Å². The molecule has 0 radical (unpaired) electrons. The number of aryl methyl sites for hydroxylation is 1. The molecule has 1 aromatic rings. The highest BCUT2D eigenvalue weighted by Gasteiger charge is 2.18. The summed E-state index contributed by atoms with van der Waals surface area (Å²) >= 11 is 0. The lowest BCUT2D eigenvalue weighted by Gasteiger charge is -2.20. The summed E-state index contributed by atoms with van der Waals surface area (Å²) in [6.07, 6.45) is 6.36. The molecule has 0 aliphatic rings. The Morgan fingerprint density at radius 2 is 1.90 bits per heavy atom. The Kier molecular flexibility index (Phi) is 7.87. The Balaban J connectivity index is 2.47. The number of aliphatic hydroxyl groups excluding tert-OH is 1. The standard InChI is InChI=1S/C14H26N4O2/c1-3-4-5-6-7-9-18(10-8-11-19)14(20)13-15-12(2)16-17-13/h19H,3-11H2,1-2H3,(H,15,16,17). The molecule has 6 heteroatoms. The Labute approximate surface area is 120 Å². The van der Waals surface area contributed by atoms with E-state index in [1.807, 2.05) is 0 Å². The molecule has 6 nitrogen and oxygen atoms in total. The van der Waals surface area contributed by atoms with Crippen LogP contribution in [0.3, 0.4) is 0 Å². The molecule has 0 saturated heterocycles. The predicted molar refractivity (Wildman–Crippen MR) is 77.5 cm³/mol. The molecule has 1 aromatic heterocycles. The number of amides is 1. The lowest BCUT2D eigenvalue weighted by atomic mass is 10.1. The number of carbonyl (C=O) groups is 1. The molecule has 0 fully saturated rings. The number of nitrogens with one attached hydrogen (secondary N) is 1. The maximum atomic E-state index is 12.3. The minimum Gasteiger partial charge on any atom is -0.396 e. The smallest absolute Gasteiger partial charge is 0.293 e. The number of hydrogen-bond acceptors (Lipinski definition) is 4. The zero-order valence-electron chi connectivity index (χ0n) is 12.6. The zero-order chi connectivity index (χ0) is 14.8. The molecule has 1 amide bonds. The maximum Gasteiger partial charge on any atom is 0.293 e. The van der Waals surface area contributed by atoms with Gasteiger partial charge in [0.15, 0.2) is 0 Å². The van der Waals surface area contributed by atoms with Gasteiger partial charge < -0.3 is 10.0 Å². The van der Waals surface area contributed by atoms with Gasteiger partial charge in [-0.2, -0.15) is 0 Å². The normalized spacial score (nSPS) is 10.8. The van der Waals surface area contributed by atoms with Gasteiger partial charge in [0.2, 0.25) is 5.82 Å². The van der Waals surface area contributed by atoms with Gasteiger partial charge in [-0.25, -0.2) is 4.98 Å². The average molecular weight is 282 g/mol. The molecule has 20 heavy (non-hydrogen) atoms. The van der Waals surface area contributed by atoms with E-state index in [1.165, 1.54) is 19.3 Å².